The van der Waals surface area contributed by atoms with Crippen molar-refractivity contribution >= 4 is 38.4 Å². The lowest BCUT2D eigenvalue weighted by molar-refractivity contribution is -0.164. The van der Waals surface area contributed by atoms with E-state index in [0.29, 0.717) is 43.1 Å². The molecule has 0 radical (unpaired) electrons. The summed E-state index contributed by atoms with van der Waals surface area (Å²) in [5, 5.41) is 25.0. The summed E-state index contributed by atoms with van der Waals surface area (Å²) in [7, 11) is 0. The summed E-state index contributed by atoms with van der Waals surface area (Å²) in [6.07, 6.45) is 9.79. The van der Waals surface area contributed by atoms with Gasteiger partial charge in [0.2, 0.25) is 0 Å². The Balaban J connectivity index is 1.45. The molecular weight excluding hydrogens is 508 g/mol. The van der Waals surface area contributed by atoms with E-state index in [4.69, 9.17) is 9.47 Å². The third kappa shape index (κ3) is 6.13. The number of alkyl halides is 1. The number of nitrogens with zero attached hydrogens (tertiary/aromatic N) is 4. The molecule has 2 aliphatic heterocycles. The van der Waals surface area contributed by atoms with Crippen LogP contribution in [0.15, 0.2) is 0 Å². The van der Waals surface area contributed by atoms with Crippen molar-refractivity contribution in [2.75, 3.05) is 31.7 Å². The SMILES string of the molecule is CCCCC1COC(C(=O)OC2CN(CCBr)C[N+]2([O-])c2nnc(C3CCCCCC3)s2)C1. The van der Waals surface area contributed by atoms with Gasteiger partial charge < -0.3 is 14.7 Å². The summed E-state index contributed by atoms with van der Waals surface area (Å²) in [6, 6.07) is 0. The van der Waals surface area contributed by atoms with Gasteiger partial charge in [-0.25, -0.2) is 9.69 Å². The number of carbonyl (C=O) groups is 1. The molecule has 0 aromatic carbocycles. The molecule has 1 aliphatic carbocycles. The number of hydroxylamine groups is 2. The molecule has 4 unspecified atom stereocenters. The van der Waals surface area contributed by atoms with Crippen LogP contribution in [-0.4, -0.2) is 65.1 Å². The zero-order chi connectivity index (χ0) is 23.3. The number of carbonyl (C=O) groups excluding carboxylic acids is 1. The van der Waals surface area contributed by atoms with Gasteiger partial charge in [0, 0.05) is 17.8 Å². The number of unbranched alkanes of at least 4 members (excludes halogenated alkanes) is 1. The molecule has 0 spiro atoms. The summed E-state index contributed by atoms with van der Waals surface area (Å²) < 4.78 is 10.8. The fraction of sp³-hybridized carbons (Fsp3) is 0.870. The molecule has 3 heterocycles. The van der Waals surface area contributed by atoms with Gasteiger partial charge in [-0.2, -0.15) is 0 Å². The lowest BCUT2D eigenvalue weighted by Gasteiger charge is -2.38. The molecule has 1 aromatic heterocycles. The Morgan fingerprint density at radius 3 is 2.82 bits per heavy atom. The van der Waals surface area contributed by atoms with Crippen molar-refractivity contribution in [2.24, 2.45) is 5.92 Å². The zero-order valence-electron chi connectivity index (χ0n) is 19.6. The molecule has 0 amide bonds. The molecule has 0 bridgehead atoms. The van der Waals surface area contributed by atoms with Crippen LogP contribution in [0, 0.1) is 11.1 Å². The number of hydrogen-bond acceptors (Lipinski definition) is 8. The highest BCUT2D eigenvalue weighted by Crippen LogP contribution is 2.40. The quantitative estimate of drug-likeness (QED) is 0.143. The zero-order valence-corrected chi connectivity index (χ0v) is 22.0. The van der Waals surface area contributed by atoms with Crippen molar-refractivity contribution in [1.29, 1.82) is 0 Å². The molecule has 4 rings (SSSR count). The van der Waals surface area contributed by atoms with Crippen molar-refractivity contribution in [1.82, 2.24) is 19.7 Å². The van der Waals surface area contributed by atoms with Crippen LogP contribution in [-0.2, 0) is 14.3 Å². The fourth-order valence-corrected chi connectivity index (χ4v) is 6.80. The van der Waals surface area contributed by atoms with E-state index >= 15 is 0 Å². The Bertz CT molecular complexity index is 775. The minimum Gasteiger partial charge on any atom is -0.622 e. The second kappa shape index (κ2) is 11.9. The summed E-state index contributed by atoms with van der Waals surface area (Å²) >= 11 is 4.88. The highest BCUT2D eigenvalue weighted by Gasteiger charge is 2.47. The predicted octanol–water partition coefficient (Wildman–Crippen LogP) is 4.91. The first-order valence-corrected chi connectivity index (χ1v) is 14.5. The lowest BCUT2D eigenvalue weighted by Crippen LogP contribution is -2.51. The van der Waals surface area contributed by atoms with E-state index < -0.39 is 22.9 Å². The van der Waals surface area contributed by atoms with Crippen LogP contribution in [0.4, 0.5) is 5.13 Å². The monoisotopic (exact) mass is 544 g/mol. The summed E-state index contributed by atoms with van der Waals surface area (Å²) in [4.78, 5) is 15.0. The van der Waals surface area contributed by atoms with E-state index in [0.717, 1.165) is 42.4 Å². The topological polar surface area (TPSA) is 87.6 Å². The maximum atomic E-state index is 14.1. The average Bonchev–Trinajstić information content (AvgIpc) is 3.49. The first-order valence-electron chi connectivity index (χ1n) is 12.6. The van der Waals surface area contributed by atoms with Crippen molar-refractivity contribution in [3.8, 4) is 0 Å². The van der Waals surface area contributed by atoms with Gasteiger partial charge in [0.1, 0.15) is 11.7 Å². The van der Waals surface area contributed by atoms with E-state index in [1.54, 1.807) is 0 Å². The number of ether oxygens (including phenoxy) is 2. The van der Waals surface area contributed by atoms with E-state index in [9.17, 15) is 10.0 Å². The smallest absolute Gasteiger partial charge is 0.339 e. The highest BCUT2D eigenvalue weighted by atomic mass is 79.9. The Kier molecular flexibility index (Phi) is 9.14. The third-order valence-corrected chi connectivity index (χ3v) is 8.76. The van der Waals surface area contributed by atoms with Crippen LogP contribution >= 0.6 is 27.3 Å². The number of halogens is 1. The summed E-state index contributed by atoms with van der Waals surface area (Å²) in [5.41, 5.74) is 0. The van der Waals surface area contributed by atoms with Gasteiger partial charge in [0.15, 0.2) is 6.10 Å². The van der Waals surface area contributed by atoms with Crippen molar-refractivity contribution < 1.29 is 14.3 Å². The maximum absolute atomic E-state index is 14.1. The van der Waals surface area contributed by atoms with Gasteiger partial charge in [-0.1, -0.05) is 66.5 Å². The predicted molar refractivity (Wildman–Crippen MR) is 133 cm³/mol. The number of rotatable bonds is 9. The minimum atomic E-state index is -0.843. The van der Waals surface area contributed by atoms with Gasteiger partial charge in [0.25, 0.3) is 6.23 Å². The minimum absolute atomic E-state index is 0.216. The third-order valence-electron chi connectivity index (χ3n) is 7.21. The van der Waals surface area contributed by atoms with Gasteiger partial charge in [0.05, 0.1) is 13.2 Å². The molecule has 1 saturated carbocycles. The molecular formula is C23H37BrN4O4S. The number of quaternary nitrogens is 1. The summed E-state index contributed by atoms with van der Waals surface area (Å²) in [5.74, 6) is 0.374. The van der Waals surface area contributed by atoms with E-state index in [2.05, 4.69) is 33.1 Å². The summed E-state index contributed by atoms with van der Waals surface area (Å²) in [6.45, 7) is 4.09. The van der Waals surface area contributed by atoms with Gasteiger partial charge in [-0.15, -0.1) is 5.10 Å². The number of hydrogen-bond donors (Lipinski definition) is 0. The molecule has 8 nitrogen and oxygen atoms in total. The van der Waals surface area contributed by atoms with Crippen LogP contribution in [0.25, 0.3) is 0 Å². The fourth-order valence-electron chi connectivity index (χ4n) is 5.22. The first kappa shape index (κ1) is 25.4. The standard InChI is InChI=1S/C23H37BrN4O4S/c1-2-3-8-17-13-19(31-15-17)22(29)32-20-14-27(12-11-24)16-28(20,30)23-26-25-21(33-23)18-9-6-4-5-7-10-18/h17-20H,2-16H2,1H3. The molecule has 3 aliphatic rings. The largest absolute Gasteiger partial charge is 0.622 e. The van der Waals surface area contributed by atoms with Crippen molar-refractivity contribution in [2.45, 2.75) is 89.4 Å². The van der Waals surface area contributed by atoms with Crippen LogP contribution in [0.3, 0.4) is 0 Å². The highest BCUT2D eigenvalue weighted by molar-refractivity contribution is 9.09. The van der Waals surface area contributed by atoms with Gasteiger partial charge >= 0.3 is 11.1 Å². The Morgan fingerprint density at radius 2 is 2.09 bits per heavy atom. The Morgan fingerprint density at radius 1 is 1.30 bits per heavy atom. The molecule has 4 atom stereocenters. The van der Waals surface area contributed by atoms with Gasteiger partial charge in [-0.3, -0.25) is 4.65 Å². The van der Waals surface area contributed by atoms with Crippen LogP contribution in [0.1, 0.15) is 82.1 Å². The van der Waals surface area contributed by atoms with E-state index in [-0.39, 0.29) is 6.67 Å². The number of esters is 1. The molecule has 2 saturated heterocycles. The molecule has 10 heteroatoms. The molecule has 33 heavy (non-hydrogen) atoms. The molecule has 0 N–H and O–H groups in total. The van der Waals surface area contributed by atoms with Gasteiger partial charge in [-0.05, 0) is 42.9 Å². The molecule has 1 aromatic rings. The van der Waals surface area contributed by atoms with E-state index in [1.165, 1.54) is 37.0 Å². The van der Waals surface area contributed by atoms with Crippen molar-refractivity contribution in [3.63, 3.8) is 0 Å². The Hall–Kier alpha value is -0.650. The second-order valence-electron chi connectivity index (χ2n) is 9.77. The maximum Gasteiger partial charge on any atom is 0.339 e. The lowest BCUT2D eigenvalue weighted by atomic mass is 9.99. The van der Waals surface area contributed by atoms with Crippen molar-refractivity contribution in [3.05, 3.63) is 10.2 Å². The first-order chi connectivity index (χ1) is 16.0. The second-order valence-corrected chi connectivity index (χ2v) is 11.6. The van der Waals surface area contributed by atoms with Crippen LogP contribution in [0.5, 0.6) is 0 Å². The normalized spacial score (nSPS) is 31.7. The molecule has 186 valence electrons. The Labute approximate surface area is 209 Å². The number of aromatic nitrogens is 2. The molecule has 3 fully saturated rings. The average molecular weight is 546 g/mol. The van der Waals surface area contributed by atoms with Crippen LogP contribution < -0.4 is 4.65 Å². The van der Waals surface area contributed by atoms with Crippen LogP contribution in [0.2, 0.25) is 0 Å². The van der Waals surface area contributed by atoms with E-state index in [1.807, 2.05) is 4.90 Å².